The van der Waals surface area contributed by atoms with Gasteiger partial charge in [0.25, 0.3) is 0 Å². The van der Waals surface area contributed by atoms with E-state index in [2.05, 4.69) is 0 Å². The third-order valence-corrected chi connectivity index (χ3v) is 1.63. The maximum Gasteiger partial charge on any atom is 0.124 e. The average molecular weight is 203 g/mol. The molecule has 0 radical (unpaired) electrons. The molecule has 0 bridgehead atoms. The summed E-state index contributed by atoms with van der Waals surface area (Å²) >= 11 is 5.69. The molecule has 0 heterocycles. The van der Waals surface area contributed by atoms with Crippen molar-refractivity contribution in [2.45, 2.75) is 0 Å². The van der Waals surface area contributed by atoms with Crippen molar-refractivity contribution < 1.29 is 14.6 Å². The molecule has 1 aromatic rings. The highest BCUT2D eigenvalue weighted by atomic mass is 35.5. The van der Waals surface area contributed by atoms with E-state index in [1.165, 1.54) is 12.1 Å². The summed E-state index contributed by atoms with van der Waals surface area (Å²) in [6.45, 7) is 0.948. The smallest absolute Gasteiger partial charge is 0.124 e. The van der Waals surface area contributed by atoms with E-state index in [1.54, 1.807) is 13.2 Å². The molecule has 0 unspecified atom stereocenters. The zero-order valence-electron chi connectivity index (χ0n) is 7.29. The predicted octanol–water partition coefficient (Wildman–Crippen LogP) is 2.07. The third-order valence-electron chi connectivity index (χ3n) is 1.41. The van der Waals surface area contributed by atoms with E-state index < -0.39 is 0 Å². The Balaban J connectivity index is 2.56. The first-order chi connectivity index (χ1) is 6.22. The number of aromatic hydroxyl groups is 1. The average Bonchev–Trinajstić information content (AvgIpc) is 2.03. The largest absolute Gasteiger partial charge is 0.508 e. The summed E-state index contributed by atoms with van der Waals surface area (Å²) in [6, 6.07) is 4.59. The van der Waals surface area contributed by atoms with Gasteiger partial charge in [-0.15, -0.1) is 0 Å². The van der Waals surface area contributed by atoms with Gasteiger partial charge in [0.2, 0.25) is 0 Å². The van der Waals surface area contributed by atoms with E-state index in [-0.39, 0.29) is 5.75 Å². The topological polar surface area (TPSA) is 38.7 Å². The number of methoxy groups -OCH3 is 1. The van der Waals surface area contributed by atoms with E-state index in [4.69, 9.17) is 26.2 Å². The van der Waals surface area contributed by atoms with Crippen LogP contribution in [-0.4, -0.2) is 25.4 Å². The lowest BCUT2D eigenvalue weighted by molar-refractivity contribution is 0.146. The molecular formula is C9H11ClO3. The molecule has 0 fully saturated rings. The minimum atomic E-state index is 0.0971. The fraction of sp³-hybridized carbons (Fsp3) is 0.333. The van der Waals surface area contributed by atoms with Crippen LogP contribution in [0.4, 0.5) is 0 Å². The molecule has 4 heteroatoms. The molecule has 1 aromatic carbocycles. The van der Waals surface area contributed by atoms with Gasteiger partial charge in [-0.1, -0.05) is 11.6 Å². The second-order valence-corrected chi connectivity index (χ2v) is 2.92. The van der Waals surface area contributed by atoms with E-state index in [9.17, 15) is 0 Å². The fourth-order valence-corrected chi connectivity index (χ4v) is 1.09. The molecule has 0 aliphatic rings. The zero-order chi connectivity index (χ0) is 9.68. The molecule has 0 aromatic heterocycles. The first-order valence-corrected chi connectivity index (χ1v) is 4.21. The van der Waals surface area contributed by atoms with Gasteiger partial charge in [0.05, 0.1) is 6.61 Å². The van der Waals surface area contributed by atoms with Crippen LogP contribution in [0.2, 0.25) is 5.02 Å². The fourth-order valence-electron chi connectivity index (χ4n) is 0.874. The number of halogens is 1. The maximum atomic E-state index is 9.15. The van der Waals surface area contributed by atoms with Gasteiger partial charge in [-0.05, 0) is 12.1 Å². The van der Waals surface area contributed by atoms with Gasteiger partial charge in [-0.3, -0.25) is 0 Å². The number of phenolic OH excluding ortho intramolecular Hbond substituents is 1. The highest BCUT2D eigenvalue weighted by Crippen LogP contribution is 2.24. The molecule has 0 aliphatic heterocycles. The van der Waals surface area contributed by atoms with Crippen LogP contribution >= 0.6 is 11.6 Å². The van der Waals surface area contributed by atoms with Crippen molar-refractivity contribution in [1.82, 2.24) is 0 Å². The van der Waals surface area contributed by atoms with Gasteiger partial charge in [0.1, 0.15) is 18.1 Å². The van der Waals surface area contributed by atoms with Crippen LogP contribution in [0.5, 0.6) is 11.5 Å². The van der Waals surface area contributed by atoms with Crippen molar-refractivity contribution in [1.29, 1.82) is 0 Å². The normalized spacial score (nSPS) is 10.0. The van der Waals surface area contributed by atoms with Gasteiger partial charge < -0.3 is 14.6 Å². The number of ether oxygens (including phenoxy) is 2. The number of phenols is 1. The summed E-state index contributed by atoms with van der Waals surface area (Å²) < 4.78 is 10.0. The van der Waals surface area contributed by atoms with Gasteiger partial charge in [0.15, 0.2) is 0 Å². The summed E-state index contributed by atoms with van der Waals surface area (Å²) in [7, 11) is 1.60. The second-order valence-electron chi connectivity index (χ2n) is 2.49. The van der Waals surface area contributed by atoms with Gasteiger partial charge in [-0.2, -0.15) is 0 Å². The molecule has 72 valence electrons. The molecule has 0 atom stereocenters. The Hall–Kier alpha value is -0.930. The highest BCUT2D eigenvalue weighted by Gasteiger charge is 1.98. The number of benzene rings is 1. The number of rotatable bonds is 4. The third kappa shape index (κ3) is 3.53. The molecule has 0 amide bonds. The predicted molar refractivity (Wildman–Crippen MR) is 50.5 cm³/mol. The van der Waals surface area contributed by atoms with Crippen LogP contribution < -0.4 is 4.74 Å². The first kappa shape index (κ1) is 10.2. The van der Waals surface area contributed by atoms with Crippen LogP contribution in [0.15, 0.2) is 18.2 Å². The summed E-state index contributed by atoms with van der Waals surface area (Å²) in [5, 5.41) is 9.61. The van der Waals surface area contributed by atoms with Crippen LogP contribution in [0.3, 0.4) is 0 Å². The van der Waals surface area contributed by atoms with Crippen molar-refractivity contribution >= 4 is 11.6 Å². The van der Waals surface area contributed by atoms with Gasteiger partial charge in [0, 0.05) is 18.2 Å². The van der Waals surface area contributed by atoms with Crippen LogP contribution in [0.25, 0.3) is 0 Å². The Morgan fingerprint density at radius 3 is 2.69 bits per heavy atom. The Labute approximate surface area is 81.9 Å². The van der Waals surface area contributed by atoms with Crippen molar-refractivity contribution in [3.05, 3.63) is 23.2 Å². The number of hydrogen-bond donors (Lipinski definition) is 1. The van der Waals surface area contributed by atoms with Crippen LogP contribution in [0.1, 0.15) is 0 Å². The van der Waals surface area contributed by atoms with E-state index in [1.807, 2.05) is 0 Å². The highest BCUT2D eigenvalue weighted by molar-refractivity contribution is 6.30. The molecule has 1 rings (SSSR count). The van der Waals surface area contributed by atoms with E-state index in [0.717, 1.165) is 0 Å². The standard InChI is InChI=1S/C9H11ClO3/c1-12-2-3-13-9-5-7(10)4-8(11)6-9/h4-6,11H,2-3H2,1H3. The maximum absolute atomic E-state index is 9.15. The molecule has 0 spiro atoms. The molecular weight excluding hydrogens is 192 g/mol. The Kier molecular flexibility index (Phi) is 3.86. The molecule has 0 aliphatic carbocycles. The van der Waals surface area contributed by atoms with E-state index >= 15 is 0 Å². The van der Waals surface area contributed by atoms with E-state index in [0.29, 0.717) is 24.0 Å². The lowest BCUT2D eigenvalue weighted by Crippen LogP contribution is -2.03. The minimum Gasteiger partial charge on any atom is -0.508 e. The minimum absolute atomic E-state index is 0.0971. The number of hydrogen-bond acceptors (Lipinski definition) is 3. The van der Waals surface area contributed by atoms with Crippen molar-refractivity contribution in [3.8, 4) is 11.5 Å². The summed E-state index contributed by atoms with van der Waals surface area (Å²) in [4.78, 5) is 0. The zero-order valence-corrected chi connectivity index (χ0v) is 8.04. The van der Waals surface area contributed by atoms with Crippen molar-refractivity contribution in [2.24, 2.45) is 0 Å². The monoisotopic (exact) mass is 202 g/mol. The van der Waals surface area contributed by atoms with Crippen LogP contribution in [0, 0.1) is 0 Å². The molecule has 13 heavy (non-hydrogen) atoms. The van der Waals surface area contributed by atoms with Crippen molar-refractivity contribution in [2.75, 3.05) is 20.3 Å². The van der Waals surface area contributed by atoms with Gasteiger partial charge in [-0.25, -0.2) is 0 Å². The lowest BCUT2D eigenvalue weighted by atomic mass is 10.3. The first-order valence-electron chi connectivity index (χ1n) is 3.83. The second kappa shape index (κ2) is 4.94. The van der Waals surface area contributed by atoms with Crippen molar-refractivity contribution in [3.63, 3.8) is 0 Å². The molecule has 3 nitrogen and oxygen atoms in total. The summed E-state index contributed by atoms with van der Waals surface area (Å²) in [5.41, 5.74) is 0. The van der Waals surface area contributed by atoms with Crippen LogP contribution in [-0.2, 0) is 4.74 Å². The lowest BCUT2D eigenvalue weighted by Gasteiger charge is -2.05. The molecule has 0 saturated heterocycles. The molecule has 1 N–H and O–H groups in total. The SMILES string of the molecule is COCCOc1cc(O)cc(Cl)c1. The van der Waals surface area contributed by atoms with Gasteiger partial charge >= 0.3 is 0 Å². The quantitative estimate of drug-likeness (QED) is 0.760. The summed E-state index contributed by atoms with van der Waals surface area (Å²) in [5.74, 6) is 0.641. The Bertz CT molecular complexity index is 255. The Morgan fingerprint density at radius 2 is 2.08 bits per heavy atom. The summed E-state index contributed by atoms with van der Waals surface area (Å²) in [6.07, 6.45) is 0. The Morgan fingerprint density at radius 1 is 1.31 bits per heavy atom. The molecule has 0 saturated carbocycles.